The van der Waals surface area contributed by atoms with Crippen molar-refractivity contribution in [2.24, 2.45) is 0 Å². The number of alkyl halides is 2. The number of hydrogen-bond acceptors (Lipinski definition) is 4. The van der Waals surface area contributed by atoms with E-state index in [4.69, 9.17) is 43.1 Å². The topological polar surface area (TPSA) is 115 Å². The summed E-state index contributed by atoms with van der Waals surface area (Å²) in [6, 6.07) is 27.9. The first-order chi connectivity index (χ1) is 44.5. The molecule has 0 atom stereocenters. The number of fused-ring (bicyclic) bond motifs is 16. The molecular weight excluding hydrogens is 1170 g/mol. The Kier molecular flexibility index (Phi) is 18.4. The Hall–Kier alpha value is -7.78. The molecule has 0 saturated heterocycles. The molecule has 10 heterocycles. The Labute approximate surface area is 555 Å². The van der Waals surface area contributed by atoms with Gasteiger partial charge in [-0.1, -0.05) is 104 Å². The number of aromatic nitrogens is 8. The number of benzene rings is 2. The predicted octanol–water partition coefficient (Wildman–Crippen LogP) is 22.5. The summed E-state index contributed by atoms with van der Waals surface area (Å²) >= 11 is 13.3. The van der Waals surface area contributed by atoms with Crippen LogP contribution in [0.5, 0.6) is 0 Å². The van der Waals surface area contributed by atoms with Gasteiger partial charge in [-0.25, -0.2) is 19.9 Å². The number of hydrogen-bond donors (Lipinski definition) is 4. The molecule has 4 aliphatic rings. The minimum atomic E-state index is 0.496. The number of nitrogens with one attached hydrogen (secondary N) is 4. The van der Waals surface area contributed by atoms with Gasteiger partial charge in [-0.3, -0.25) is 0 Å². The lowest BCUT2D eigenvalue weighted by Crippen LogP contribution is -2.00. The summed E-state index contributed by atoms with van der Waals surface area (Å²) in [4.78, 5) is 38.3. The molecule has 0 saturated carbocycles. The smallest absolute Gasteiger partial charge is 0.0771 e. The second-order valence-corrected chi connectivity index (χ2v) is 26.5. The molecule has 10 heteroatoms. The Balaban J connectivity index is 0.975. The van der Waals surface area contributed by atoms with Gasteiger partial charge < -0.3 is 19.9 Å². The van der Waals surface area contributed by atoms with Gasteiger partial charge in [0, 0.05) is 61.6 Å². The fraction of sp³-hybridized carbons (Fsp3) is 0.366. The lowest BCUT2D eigenvalue weighted by Gasteiger charge is -2.11. The third-order valence-corrected chi connectivity index (χ3v) is 21.4. The van der Waals surface area contributed by atoms with Crippen LogP contribution in [-0.2, 0) is 51.4 Å². The number of halogens is 2. The molecule has 0 aliphatic carbocycles. The van der Waals surface area contributed by atoms with Gasteiger partial charge in [0.2, 0.25) is 0 Å². The monoisotopic (exact) mass is 1260 g/mol. The molecule has 8 nitrogen and oxygen atoms in total. The molecular formula is C82H92Cl2N8. The van der Waals surface area contributed by atoms with Gasteiger partial charge in [0.15, 0.2) is 0 Å². The van der Waals surface area contributed by atoms with Gasteiger partial charge in [0.1, 0.15) is 0 Å². The van der Waals surface area contributed by atoms with Gasteiger partial charge >= 0.3 is 0 Å². The summed E-state index contributed by atoms with van der Waals surface area (Å²) in [6.45, 7) is 36.2. The van der Waals surface area contributed by atoms with Crippen LogP contribution in [-0.4, -0.2) is 51.6 Å². The molecule has 92 heavy (non-hydrogen) atoms. The number of allylic oxidation sites excluding steroid dienone is 8. The number of aryl methyl sites for hydroxylation is 11. The van der Waals surface area contributed by atoms with Crippen molar-refractivity contribution in [1.29, 1.82) is 0 Å². The highest BCUT2D eigenvalue weighted by Gasteiger charge is 2.29. The van der Waals surface area contributed by atoms with Crippen LogP contribution in [0, 0.1) is 27.7 Å². The minimum absolute atomic E-state index is 0.496. The van der Waals surface area contributed by atoms with Gasteiger partial charge in [-0.05, 0) is 268 Å². The van der Waals surface area contributed by atoms with E-state index in [0.717, 1.165) is 177 Å². The molecule has 474 valence electrons. The maximum absolute atomic E-state index is 6.67. The molecule has 0 fully saturated rings. The van der Waals surface area contributed by atoms with Crippen molar-refractivity contribution in [3.63, 3.8) is 0 Å². The number of aromatic amines is 4. The summed E-state index contributed by atoms with van der Waals surface area (Å²) in [7, 11) is 0. The molecule has 0 spiro atoms. The predicted molar refractivity (Wildman–Crippen MR) is 397 cm³/mol. The van der Waals surface area contributed by atoms with Crippen LogP contribution in [0.15, 0.2) is 72.8 Å². The molecule has 2 aromatic carbocycles. The van der Waals surface area contributed by atoms with E-state index in [2.05, 4.69) is 204 Å². The first-order valence-electron chi connectivity index (χ1n) is 34.2. The lowest BCUT2D eigenvalue weighted by molar-refractivity contribution is 0.961. The second-order valence-electron chi connectivity index (χ2n) is 25.8. The van der Waals surface area contributed by atoms with Crippen molar-refractivity contribution >= 4 is 112 Å². The molecule has 6 aromatic heterocycles. The van der Waals surface area contributed by atoms with Crippen molar-refractivity contribution in [2.45, 2.75) is 188 Å². The Morgan fingerprint density at radius 1 is 0.304 bits per heavy atom. The average Bonchev–Trinajstić information content (AvgIpc) is 1.65. The van der Waals surface area contributed by atoms with Crippen LogP contribution < -0.4 is 0 Å². The maximum atomic E-state index is 6.67. The number of nitrogens with zero attached hydrogens (tertiary/aromatic N) is 4. The van der Waals surface area contributed by atoms with E-state index in [9.17, 15) is 0 Å². The molecule has 4 aliphatic heterocycles. The van der Waals surface area contributed by atoms with Crippen LogP contribution in [0.3, 0.4) is 0 Å². The third-order valence-electron chi connectivity index (χ3n) is 21.1. The lowest BCUT2D eigenvalue weighted by atomic mass is 9.93. The summed E-state index contributed by atoms with van der Waals surface area (Å²) in [5, 5.41) is 0. The standard InChI is InChI=1S/C82H92Cl2N8/c1-17-55-43(9)65-39-69-47(13)59(21-5)79(89-69)73(80-60(22-6)48(14)70(90-80)40-66-44(10)56(18-2)76(86-66)63(35-37-83)75(55)85-65)53-31-27-51(28-32-53)25-26-52-29-33-54(34-30-52)74-81-61(23-7)49(15)71(91-81)41-67-45(11)57(19-3)77(87-67)64(36-38-84)78-58(20-4)46(12)68(88-78)42-72-50(16)62(24-8)82(74)92-72/h27-34,39-42,85,89,91-92H,17-26,35-38H2,1-16H3. The molecule has 4 N–H and O–H groups in total. The zero-order valence-electron chi connectivity index (χ0n) is 57.4. The molecule has 8 aromatic rings. The first-order valence-corrected chi connectivity index (χ1v) is 35.2. The molecule has 0 radical (unpaired) electrons. The maximum Gasteiger partial charge on any atom is 0.0771 e. The van der Waals surface area contributed by atoms with Crippen molar-refractivity contribution in [1.82, 2.24) is 39.9 Å². The average molecular weight is 1260 g/mol. The van der Waals surface area contributed by atoms with E-state index in [1.54, 1.807) is 0 Å². The van der Waals surface area contributed by atoms with Crippen molar-refractivity contribution in [3.05, 3.63) is 185 Å². The fourth-order valence-corrected chi connectivity index (χ4v) is 16.1. The van der Waals surface area contributed by atoms with Crippen LogP contribution in [0.2, 0.25) is 0 Å². The number of rotatable bonds is 17. The molecule has 16 bridgehead atoms. The molecule has 0 amide bonds. The molecule has 0 unspecified atom stereocenters. The van der Waals surface area contributed by atoms with Crippen LogP contribution in [0.25, 0.3) is 111 Å². The van der Waals surface area contributed by atoms with Crippen LogP contribution >= 0.6 is 23.2 Å². The second kappa shape index (κ2) is 26.3. The first kappa shape index (κ1) is 64.3. The van der Waals surface area contributed by atoms with E-state index in [1.807, 2.05) is 0 Å². The highest BCUT2D eigenvalue weighted by Crippen LogP contribution is 2.46. The SMILES string of the molecule is CCC1=C(C)c2cc3[nH]c(c(CC)c3C)c(-c3ccc(CCc4ccc(-c5c6nc(cc7nc(c(CCCl)c8[nH]c(cc9[nH]c5c(CC)c9C)c(C)c8CC)C(CC)=C7C)C(C)=C6CC)cc4)cc3)c3[nH]c(cc4nc(c(CCCl)c1n2)C(CC)=C4C)c(C)c3CC. The zero-order chi connectivity index (χ0) is 65.1. The highest BCUT2D eigenvalue weighted by molar-refractivity contribution is 6.18. The van der Waals surface area contributed by atoms with Crippen LogP contribution in [0.1, 0.15) is 221 Å². The Morgan fingerprint density at radius 2 is 0.609 bits per heavy atom. The molecule has 12 rings (SSSR count). The van der Waals surface area contributed by atoms with Crippen molar-refractivity contribution < 1.29 is 0 Å². The third kappa shape index (κ3) is 10.9. The van der Waals surface area contributed by atoms with Crippen molar-refractivity contribution in [3.8, 4) is 22.3 Å². The van der Waals surface area contributed by atoms with E-state index in [-0.39, 0.29) is 0 Å². The summed E-state index contributed by atoms with van der Waals surface area (Å²) in [5.74, 6) is 1.01. The normalized spacial score (nSPS) is 13.5. The van der Waals surface area contributed by atoms with E-state index in [1.165, 1.54) is 117 Å². The summed E-state index contributed by atoms with van der Waals surface area (Å²) < 4.78 is 0. The number of H-pyrrole nitrogens is 4. The van der Waals surface area contributed by atoms with Gasteiger partial charge in [0.05, 0.1) is 62.1 Å². The minimum Gasteiger partial charge on any atom is -0.355 e. The van der Waals surface area contributed by atoms with E-state index in [0.29, 0.717) is 18.2 Å². The zero-order valence-corrected chi connectivity index (χ0v) is 58.9. The largest absolute Gasteiger partial charge is 0.355 e. The van der Waals surface area contributed by atoms with E-state index < -0.39 is 0 Å². The van der Waals surface area contributed by atoms with Gasteiger partial charge in [-0.15, -0.1) is 23.2 Å². The highest BCUT2D eigenvalue weighted by atomic mass is 35.5. The summed E-state index contributed by atoms with van der Waals surface area (Å²) in [6.07, 6.45) is 10.2. The Bertz CT molecular complexity index is 4690. The van der Waals surface area contributed by atoms with E-state index >= 15 is 0 Å². The van der Waals surface area contributed by atoms with Gasteiger partial charge in [-0.2, -0.15) is 0 Å². The van der Waals surface area contributed by atoms with Crippen molar-refractivity contribution in [2.75, 3.05) is 11.8 Å². The summed E-state index contributed by atoms with van der Waals surface area (Å²) in [5.41, 5.74) is 46.9. The van der Waals surface area contributed by atoms with Crippen LogP contribution in [0.4, 0.5) is 0 Å². The van der Waals surface area contributed by atoms with Gasteiger partial charge in [0.25, 0.3) is 0 Å². The fourth-order valence-electron chi connectivity index (χ4n) is 15.7. The quantitative estimate of drug-likeness (QED) is 0.0680. The Morgan fingerprint density at radius 3 is 0.989 bits per heavy atom.